The van der Waals surface area contributed by atoms with E-state index >= 15 is 0 Å². The Bertz CT molecular complexity index is 626. The molecule has 2 rings (SSSR count). The van der Waals surface area contributed by atoms with Crippen LogP contribution in [0, 0.1) is 6.92 Å². The molecular formula is C14H19N5OS. The molecule has 1 heterocycles. The molecule has 0 saturated heterocycles. The van der Waals surface area contributed by atoms with Crippen LogP contribution in [0.5, 0.6) is 0 Å². The molecule has 0 aliphatic heterocycles. The molecule has 0 spiro atoms. The molecule has 0 aliphatic rings. The van der Waals surface area contributed by atoms with Crippen molar-refractivity contribution < 1.29 is 4.79 Å². The van der Waals surface area contributed by atoms with Crippen molar-refractivity contribution in [2.75, 3.05) is 11.1 Å². The van der Waals surface area contributed by atoms with Crippen LogP contribution in [0.3, 0.4) is 0 Å². The Balaban J connectivity index is 1.94. The van der Waals surface area contributed by atoms with E-state index in [2.05, 4.69) is 15.5 Å². The average Bonchev–Trinajstić information content (AvgIpc) is 2.87. The predicted octanol–water partition coefficient (Wildman–Crippen LogP) is 1.80. The van der Waals surface area contributed by atoms with Gasteiger partial charge in [-0.3, -0.25) is 4.79 Å². The molecule has 0 bridgehead atoms. The summed E-state index contributed by atoms with van der Waals surface area (Å²) in [5.41, 5.74) is 7.52. The summed E-state index contributed by atoms with van der Waals surface area (Å²) in [5.74, 6) is 0.959. The Morgan fingerprint density at radius 1 is 1.43 bits per heavy atom. The Labute approximate surface area is 128 Å². The molecule has 112 valence electrons. The van der Waals surface area contributed by atoms with E-state index in [9.17, 15) is 4.79 Å². The number of anilines is 1. The van der Waals surface area contributed by atoms with Crippen molar-refractivity contribution in [2.24, 2.45) is 5.73 Å². The molecule has 1 aromatic heterocycles. The van der Waals surface area contributed by atoms with Crippen LogP contribution in [-0.2, 0) is 17.9 Å². The first-order chi connectivity index (χ1) is 10.1. The normalized spacial score (nSPS) is 10.6. The number of nitrogens with two attached hydrogens (primary N) is 1. The quantitative estimate of drug-likeness (QED) is 0.795. The fourth-order valence-corrected chi connectivity index (χ4v) is 2.77. The van der Waals surface area contributed by atoms with Crippen LogP contribution in [0.2, 0.25) is 0 Å². The number of rotatable bonds is 6. The van der Waals surface area contributed by atoms with E-state index < -0.39 is 0 Å². The molecule has 0 radical (unpaired) electrons. The van der Waals surface area contributed by atoms with Gasteiger partial charge < -0.3 is 15.6 Å². The number of aryl methyl sites for hydroxylation is 1. The van der Waals surface area contributed by atoms with Crippen molar-refractivity contribution in [1.82, 2.24) is 14.8 Å². The first-order valence-corrected chi connectivity index (χ1v) is 7.74. The van der Waals surface area contributed by atoms with Gasteiger partial charge in [0.1, 0.15) is 5.82 Å². The number of hydrogen-bond donors (Lipinski definition) is 2. The summed E-state index contributed by atoms with van der Waals surface area (Å²) in [5, 5.41) is 11.7. The lowest BCUT2D eigenvalue weighted by Crippen LogP contribution is -2.15. The number of aromatic nitrogens is 3. The third-order valence-electron chi connectivity index (χ3n) is 2.93. The molecule has 7 heteroatoms. The molecule has 6 nitrogen and oxygen atoms in total. The van der Waals surface area contributed by atoms with E-state index in [1.807, 2.05) is 42.7 Å². The standard InChI is InChI=1S/C14H19N5OS/c1-3-19-12(8-15)17-18-14(19)21-9-13(20)16-11-6-4-5-10(2)7-11/h4-7H,3,8-9,15H2,1-2H3,(H,16,20). The topological polar surface area (TPSA) is 85.8 Å². The van der Waals surface area contributed by atoms with Crippen LogP contribution in [-0.4, -0.2) is 26.4 Å². The van der Waals surface area contributed by atoms with Gasteiger partial charge >= 0.3 is 0 Å². The fourth-order valence-electron chi connectivity index (χ4n) is 1.94. The zero-order chi connectivity index (χ0) is 15.2. The first kappa shape index (κ1) is 15.5. The minimum atomic E-state index is -0.0643. The van der Waals surface area contributed by atoms with Crippen molar-refractivity contribution in [1.29, 1.82) is 0 Å². The summed E-state index contributed by atoms with van der Waals surface area (Å²) in [6.45, 7) is 5.07. The summed E-state index contributed by atoms with van der Waals surface area (Å²) in [7, 11) is 0. The monoisotopic (exact) mass is 305 g/mol. The summed E-state index contributed by atoms with van der Waals surface area (Å²) < 4.78 is 1.92. The highest BCUT2D eigenvalue weighted by atomic mass is 32.2. The second-order valence-electron chi connectivity index (χ2n) is 4.55. The maximum Gasteiger partial charge on any atom is 0.234 e. The molecule has 0 atom stereocenters. The van der Waals surface area contributed by atoms with Crippen molar-refractivity contribution in [3.05, 3.63) is 35.7 Å². The van der Waals surface area contributed by atoms with Crippen LogP contribution in [0.15, 0.2) is 29.4 Å². The third kappa shape index (κ3) is 4.05. The number of benzene rings is 1. The largest absolute Gasteiger partial charge is 0.325 e. The minimum absolute atomic E-state index is 0.0643. The Hall–Kier alpha value is -1.86. The molecule has 3 N–H and O–H groups in total. The molecule has 0 fully saturated rings. The molecule has 21 heavy (non-hydrogen) atoms. The number of carbonyl (C=O) groups is 1. The minimum Gasteiger partial charge on any atom is -0.325 e. The number of carbonyl (C=O) groups excluding carboxylic acids is 1. The van der Waals surface area contributed by atoms with Crippen LogP contribution in [0.1, 0.15) is 18.3 Å². The Kier molecular flexibility index (Phi) is 5.35. The maximum atomic E-state index is 12.0. The number of amides is 1. The van der Waals surface area contributed by atoms with Gasteiger partial charge in [0.2, 0.25) is 5.91 Å². The van der Waals surface area contributed by atoms with E-state index in [4.69, 9.17) is 5.73 Å². The highest BCUT2D eigenvalue weighted by Crippen LogP contribution is 2.17. The first-order valence-electron chi connectivity index (χ1n) is 6.75. The number of thioether (sulfide) groups is 1. The van der Waals surface area contributed by atoms with Crippen LogP contribution >= 0.6 is 11.8 Å². The van der Waals surface area contributed by atoms with Gasteiger partial charge in [0.05, 0.1) is 12.3 Å². The van der Waals surface area contributed by atoms with Crippen LogP contribution in [0.4, 0.5) is 5.69 Å². The number of nitrogens with zero attached hydrogens (tertiary/aromatic N) is 3. The smallest absolute Gasteiger partial charge is 0.234 e. The van der Waals surface area contributed by atoms with E-state index in [1.165, 1.54) is 11.8 Å². The zero-order valence-electron chi connectivity index (χ0n) is 12.2. The van der Waals surface area contributed by atoms with Gasteiger partial charge in [-0.05, 0) is 31.5 Å². The lowest BCUT2D eigenvalue weighted by Gasteiger charge is -2.07. The van der Waals surface area contributed by atoms with Gasteiger partial charge in [0.15, 0.2) is 5.16 Å². The predicted molar refractivity (Wildman–Crippen MR) is 84.1 cm³/mol. The van der Waals surface area contributed by atoms with E-state index in [0.717, 1.165) is 28.8 Å². The molecule has 1 aromatic carbocycles. The lowest BCUT2D eigenvalue weighted by atomic mass is 10.2. The number of hydrogen-bond acceptors (Lipinski definition) is 5. The zero-order valence-corrected chi connectivity index (χ0v) is 13.0. The van der Waals surface area contributed by atoms with E-state index in [1.54, 1.807) is 0 Å². The van der Waals surface area contributed by atoms with Crippen molar-refractivity contribution in [3.8, 4) is 0 Å². The molecular weight excluding hydrogens is 286 g/mol. The molecule has 2 aromatic rings. The highest BCUT2D eigenvalue weighted by Gasteiger charge is 2.12. The fraction of sp³-hybridized carbons (Fsp3) is 0.357. The summed E-state index contributed by atoms with van der Waals surface area (Å²) in [6.07, 6.45) is 0. The lowest BCUT2D eigenvalue weighted by molar-refractivity contribution is -0.113. The van der Waals surface area contributed by atoms with E-state index in [0.29, 0.717) is 6.54 Å². The van der Waals surface area contributed by atoms with Crippen molar-refractivity contribution >= 4 is 23.4 Å². The average molecular weight is 305 g/mol. The second kappa shape index (κ2) is 7.24. The number of nitrogens with one attached hydrogen (secondary N) is 1. The molecule has 0 saturated carbocycles. The van der Waals surface area contributed by atoms with Crippen LogP contribution in [0.25, 0.3) is 0 Å². The van der Waals surface area contributed by atoms with E-state index in [-0.39, 0.29) is 11.7 Å². The maximum absolute atomic E-state index is 12.0. The highest BCUT2D eigenvalue weighted by molar-refractivity contribution is 7.99. The Morgan fingerprint density at radius 3 is 2.90 bits per heavy atom. The van der Waals surface area contributed by atoms with Crippen LogP contribution < -0.4 is 11.1 Å². The molecule has 1 amide bonds. The molecule has 0 aliphatic carbocycles. The van der Waals surface area contributed by atoms with Gasteiger partial charge in [-0.25, -0.2) is 0 Å². The second-order valence-corrected chi connectivity index (χ2v) is 5.50. The molecule has 0 unspecified atom stereocenters. The van der Waals surface area contributed by atoms with Gasteiger partial charge in [-0.15, -0.1) is 10.2 Å². The van der Waals surface area contributed by atoms with Gasteiger partial charge in [0, 0.05) is 12.2 Å². The third-order valence-corrected chi connectivity index (χ3v) is 3.89. The van der Waals surface area contributed by atoms with Crippen molar-refractivity contribution in [3.63, 3.8) is 0 Å². The van der Waals surface area contributed by atoms with Gasteiger partial charge in [-0.1, -0.05) is 23.9 Å². The van der Waals surface area contributed by atoms with Gasteiger partial charge in [0.25, 0.3) is 0 Å². The van der Waals surface area contributed by atoms with Crippen molar-refractivity contribution in [2.45, 2.75) is 32.1 Å². The SMILES string of the molecule is CCn1c(CN)nnc1SCC(=O)Nc1cccc(C)c1. The summed E-state index contributed by atoms with van der Waals surface area (Å²) in [6, 6.07) is 7.71. The Morgan fingerprint density at radius 2 is 2.24 bits per heavy atom. The summed E-state index contributed by atoms with van der Waals surface area (Å²) in [4.78, 5) is 12.0. The summed E-state index contributed by atoms with van der Waals surface area (Å²) >= 11 is 1.36. The van der Waals surface area contributed by atoms with Gasteiger partial charge in [-0.2, -0.15) is 0 Å².